The number of carbonyl (C=O) groups is 1. The zero-order valence-electron chi connectivity index (χ0n) is 16.6. The summed E-state index contributed by atoms with van der Waals surface area (Å²) in [6.45, 7) is 0. The third-order valence-corrected chi connectivity index (χ3v) is 4.51. The summed E-state index contributed by atoms with van der Waals surface area (Å²) in [6.07, 6.45) is 3.26. The van der Waals surface area contributed by atoms with Gasteiger partial charge in [0.1, 0.15) is 5.52 Å². The van der Waals surface area contributed by atoms with Crippen molar-refractivity contribution in [1.29, 1.82) is 0 Å². The van der Waals surface area contributed by atoms with Gasteiger partial charge in [0, 0.05) is 17.3 Å². The highest BCUT2D eigenvalue weighted by molar-refractivity contribution is 6.02. The molecule has 0 aliphatic heterocycles. The molecule has 1 aromatic heterocycles. The molecule has 0 aliphatic carbocycles. The lowest BCUT2D eigenvalue weighted by Crippen LogP contribution is -2.07. The number of carbonyl (C=O) groups excluding carboxylic acids is 1. The van der Waals surface area contributed by atoms with Gasteiger partial charge in [-0.3, -0.25) is 4.79 Å². The van der Waals surface area contributed by atoms with Crippen LogP contribution in [0.4, 0.5) is 5.69 Å². The van der Waals surface area contributed by atoms with Gasteiger partial charge in [-0.25, -0.2) is 4.98 Å². The number of amides is 1. The molecule has 6 nitrogen and oxygen atoms in total. The number of fused-ring (bicyclic) bond motifs is 1. The van der Waals surface area contributed by atoms with Gasteiger partial charge < -0.3 is 19.2 Å². The van der Waals surface area contributed by atoms with Crippen molar-refractivity contribution in [2.45, 2.75) is 0 Å². The standard InChI is InChI=1S/C24H20N2O4/c1-28-21-11-9-17(14-22(21)29-2)24-26-19-15-18(10-12-20(19)30-24)25-23(27)13-8-16-6-4-3-5-7-16/h3-15H,1-2H3,(H,25,27)/b13-8+. The maximum absolute atomic E-state index is 12.2. The van der Waals surface area contributed by atoms with E-state index in [1.165, 1.54) is 6.08 Å². The number of nitrogens with zero attached hydrogens (tertiary/aromatic N) is 1. The van der Waals surface area contributed by atoms with Gasteiger partial charge in [-0.1, -0.05) is 30.3 Å². The first-order valence-corrected chi connectivity index (χ1v) is 9.33. The molecule has 1 N–H and O–H groups in total. The highest BCUT2D eigenvalue weighted by Crippen LogP contribution is 2.33. The summed E-state index contributed by atoms with van der Waals surface area (Å²) >= 11 is 0. The Kier molecular flexibility index (Phi) is 5.48. The number of hydrogen-bond donors (Lipinski definition) is 1. The van der Waals surface area contributed by atoms with Crippen LogP contribution in [0.25, 0.3) is 28.6 Å². The molecule has 1 amide bonds. The number of anilines is 1. The Balaban J connectivity index is 1.54. The molecule has 30 heavy (non-hydrogen) atoms. The topological polar surface area (TPSA) is 73.6 Å². The van der Waals surface area contributed by atoms with Crippen molar-refractivity contribution in [3.8, 4) is 23.0 Å². The number of oxazole rings is 1. The van der Waals surface area contributed by atoms with E-state index in [0.717, 1.165) is 11.1 Å². The zero-order chi connectivity index (χ0) is 20.9. The monoisotopic (exact) mass is 400 g/mol. The Morgan fingerprint density at radius 1 is 0.967 bits per heavy atom. The van der Waals surface area contributed by atoms with Crippen LogP contribution in [-0.4, -0.2) is 25.1 Å². The highest BCUT2D eigenvalue weighted by Gasteiger charge is 2.12. The van der Waals surface area contributed by atoms with Gasteiger partial charge in [0.15, 0.2) is 17.1 Å². The van der Waals surface area contributed by atoms with Crippen molar-refractivity contribution < 1.29 is 18.7 Å². The molecule has 3 aromatic carbocycles. The third kappa shape index (κ3) is 4.17. The predicted octanol–water partition coefficient (Wildman–Crippen LogP) is 5.16. The average molecular weight is 400 g/mol. The van der Waals surface area contributed by atoms with Crippen molar-refractivity contribution in [1.82, 2.24) is 4.98 Å². The lowest BCUT2D eigenvalue weighted by molar-refractivity contribution is -0.111. The molecule has 0 aliphatic rings. The lowest BCUT2D eigenvalue weighted by Gasteiger charge is -2.07. The quantitative estimate of drug-likeness (QED) is 0.452. The fourth-order valence-corrected chi connectivity index (χ4v) is 3.02. The smallest absolute Gasteiger partial charge is 0.248 e. The van der Waals surface area contributed by atoms with E-state index >= 15 is 0 Å². The van der Waals surface area contributed by atoms with Crippen LogP contribution in [0.1, 0.15) is 5.56 Å². The molecule has 0 bridgehead atoms. The number of aromatic nitrogens is 1. The van der Waals surface area contributed by atoms with Crippen LogP contribution >= 0.6 is 0 Å². The first-order chi connectivity index (χ1) is 14.7. The van der Waals surface area contributed by atoms with Gasteiger partial charge in [0.05, 0.1) is 14.2 Å². The van der Waals surface area contributed by atoms with E-state index in [4.69, 9.17) is 13.9 Å². The molecule has 150 valence electrons. The minimum absolute atomic E-state index is 0.221. The molecule has 0 saturated carbocycles. The van der Waals surface area contributed by atoms with Crippen LogP contribution in [0.3, 0.4) is 0 Å². The number of methoxy groups -OCH3 is 2. The summed E-state index contributed by atoms with van der Waals surface area (Å²) in [6, 6.07) is 20.4. The summed E-state index contributed by atoms with van der Waals surface area (Å²) in [4.78, 5) is 16.8. The lowest BCUT2D eigenvalue weighted by atomic mass is 10.2. The molecule has 0 radical (unpaired) electrons. The molecule has 0 spiro atoms. The van der Waals surface area contributed by atoms with Crippen LogP contribution in [0.2, 0.25) is 0 Å². The van der Waals surface area contributed by atoms with E-state index in [1.807, 2.05) is 36.4 Å². The van der Waals surface area contributed by atoms with E-state index in [1.54, 1.807) is 50.6 Å². The van der Waals surface area contributed by atoms with Gasteiger partial charge in [0.2, 0.25) is 11.8 Å². The van der Waals surface area contributed by atoms with Crippen molar-refractivity contribution in [2.24, 2.45) is 0 Å². The SMILES string of the molecule is COc1ccc(-c2nc3cc(NC(=O)/C=C/c4ccccc4)ccc3o2)cc1OC. The summed E-state index contributed by atoms with van der Waals surface area (Å²) < 4.78 is 16.5. The minimum atomic E-state index is -0.221. The Bertz CT molecular complexity index is 1210. The number of ether oxygens (including phenoxy) is 2. The fourth-order valence-electron chi connectivity index (χ4n) is 3.02. The predicted molar refractivity (Wildman–Crippen MR) is 117 cm³/mol. The van der Waals surface area contributed by atoms with Gasteiger partial charge in [-0.15, -0.1) is 0 Å². The number of nitrogens with one attached hydrogen (secondary N) is 1. The van der Waals surface area contributed by atoms with Crippen LogP contribution in [0, 0.1) is 0 Å². The molecule has 0 saturated heterocycles. The normalized spacial score (nSPS) is 11.0. The Morgan fingerprint density at radius 2 is 1.77 bits per heavy atom. The van der Waals surface area contributed by atoms with Crippen LogP contribution in [0.5, 0.6) is 11.5 Å². The zero-order valence-corrected chi connectivity index (χ0v) is 16.6. The maximum Gasteiger partial charge on any atom is 0.248 e. The van der Waals surface area contributed by atoms with Gasteiger partial charge in [0.25, 0.3) is 0 Å². The summed E-state index contributed by atoms with van der Waals surface area (Å²) in [7, 11) is 3.16. The summed E-state index contributed by atoms with van der Waals surface area (Å²) in [5.74, 6) is 1.46. The van der Waals surface area contributed by atoms with Crippen molar-refractivity contribution in [2.75, 3.05) is 19.5 Å². The molecule has 0 fully saturated rings. The number of hydrogen-bond acceptors (Lipinski definition) is 5. The van der Waals surface area contributed by atoms with Gasteiger partial charge in [-0.05, 0) is 48.0 Å². The molecule has 0 atom stereocenters. The maximum atomic E-state index is 12.2. The van der Waals surface area contributed by atoms with E-state index in [9.17, 15) is 4.79 Å². The molecular formula is C24H20N2O4. The fraction of sp³-hybridized carbons (Fsp3) is 0.0833. The second-order valence-corrected chi connectivity index (χ2v) is 6.50. The van der Waals surface area contributed by atoms with E-state index < -0.39 is 0 Å². The van der Waals surface area contributed by atoms with E-state index in [-0.39, 0.29) is 5.91 Å². The number of benzene rings is 3. The second-order valence-electron chi connectivity index (χ2n) is 6.50. The third-order valence-electron chi connectivity index (χ3n) is 4.51. The Labute approximate surface area is 173 Å². The van der Waals surface area contributed by atoms with Crippen LogP contribution in [0.15, 0.2) is 77.2 Å². The molecule has 6 heteroatoms. The molecule has 1 heterocycles. The Hall–Kier alpha value is -4.06. The number of rotatable bonds is 6. The van der Waals surface area contributed by atoms with Gasteiger partial charge >= 0.3 is 0 Å². The van der Waals surface area contributed by atoms with E-state index in [0.29, 0.717) is 34.2 Å². The van der Waals surface area contributed by atoms with Crippen LogP contribution in [-0.2, 0) is 4.79 Å². The first kappa shape index (κ1) is 19.3. The first-order valence-electron chi connectivity index (χ1n) is 9.33. The Morgan fingerprint density at radius 3 is 2.53 bits per heavy atom. The van der Waals surface area contributed by atoms with Crippen molar-refractivity contribution >= 4 is 28.8 Å². The molecule has 4 rings (SSSR count). The van der Waals surface area contributed by atoms with Crippen molar-refractivity contribution in [3.63, 3.8) is 0 Å². The van der Waals surface area contributed by atoms with Crippen molar-refractivity contribution in [3.05, 3.63) is 78.4 Å². The molecular weight excluding hydrogens is 380 g/mol. The second kappa shape index (κ2) is 8.53. The van der Waals surface area contributed by atoms with E-state index in [2.05, 4.69) is 10.3 Å². The van der Waals surface area contributed by atoms with Gasteiger partial charge in [-0.2, -0.15) is 0 Å². The largest absolute Gasteiger partial charge is 0.493 e. The molecule has 4 aromatic rings. The van der Waals surface area contributed by atoms with Crippen LogP contribution < -0.4 is 14.8 Å². The summed E-state index contributed by atoms with van der Waals surface area (Å²) in [5, 5.41) is 2.84. The highest BCUT2D eigenvalue weighted by atomic mass is 16.5. The average Bonchev–Trinajstić information content (AvgIpc) is 3.21. The summed E-state index contributed by atoms with van der Waals surface area (Å²) in [5.41, 5.74) is 3.62. The minimum Gasteiger partial charge on any atom is -0.493 e. The molecule has 0 unspecified atom stereocenters.